The average molecular weight is 724 g/mol. The van der Waals surface area contributed by atoms with Crippen LogP contribution in [0.5, 0.6) is 17.2 Å². The van der Waals surface area contributed by atoms with Crippen molar-refractivity contribution < 1.29 is 28.1 Å². The number of urea groups is 1. The molecule has 3 heterocycles. The van der Waals surface area contributed by atoms with Gasteiger partial charge in [0.15, 0.2) is 5.79 Å². The Balaban J connectivity index is 1.52. The number of amides is 2. The molecule has 0 radical (unpaired) electrons. The van der Waals surface area contributed by atoms with Crippen molar-refractivity contribution in [2.75, 3.05) is 25.2 Å². The minimum Gasteiger partial charge on any atom is -0.497 e. The van der Waals surface area contributed by atoms with Crippen molar-refractivity contribution in [2.24, 2.45) is 7.05 Å². The van der Waals surface area contributed by atoms with Crippen LogP contribution in [0.3, 0.4) is 0 Å². The molecule has 232 valence electrons. The molecule has 0 N–H and O–H groups in total. The van der Waals surface area contributed by atoms with Crippen molar-refractivity contribution in [1.29, 1.82) is 0 Å². The number of aromatic nitrogens is 1. The lowest BCUT2D eigenvalue weighted by Gasteiger charge is -2.39. The van der Waals surface area contributed by atoms with Crippen molar-refractivity contribution in [1.82, 2.24) is 9.47 Å². The lowest BCUT2D eigenvalue weighted by Crippen LogP contribution is -2.46. The number of fused-ring (bicyclic) bond motifs is 1. The molecule has 0 atom stereocenters. The highest BCUT2D eigenvalue weighted by atomic mass is 127. The van der Waals surface area contributed by atoms with E-state index < -0.39 is 23.2 Å². The third-order valence-corrected chi connectivity index (χ3v) is 8.77. The van der Waals surface area contributed by atoms with E-state index >= 15 is 4.39 Å². The first-order valence-corrected chi connectivity index (χ1v) is 15.3. The summed E-state index contributed by atoms with van der Waals surface area (Å²) >= 11 is 2.01. The number of ether oxygens (including phenoxy) is 4. The number of hydrogen-bond donors (Lipinski definition) is 0. The van der Waals surface area contributed by atoms with E-state index in [9.17, 15) is 9.59 Å². The van der Waals surface area contributed by atoms with Crippen LogP contribution in [0.4, 0.5) is 20.7 Å². The minimum atomic E-state index is -0.944. The van der Waals surface area contributed by atoms with Crippen LogP contribution < -0.4 is 19.9 Å². The first kappa shape index (κ1) is 30.8. The van der Waals surface area contributed by atoms with Gasteiger partial charge in [0.2, 0.25) is 0 Å². The van der Waals surface area contributed by atoms with Crippen molar-refractivity contribution in [2.45, 2.75) is 26.2 Å². The number of pyridine rings is 1. The number of methoxy groups -OCH3 is 1. The van der Waals surface area contributed by atoms with Crippen LogP contribution in [0.1, 0.15) is 29.2 Å². The predicted octanol–water partition coefficient (Wildman–Crippen LogP) is 7.20. The fraction of sp³-hybridized carbons (Fsp3) is 0.235. The van der Waals surface area contributed by atoms with E-state index in [0.29, 0.717) is 39.5 Å². The van der Waals surface area contributed by atoms with Crippen molar-refractivity contribution in [3.63, 3.8) is 0 Å². The maximum atomic E-state index is 15.6. The first-order chi connectivity index (χ1) is 21.5. The Kier molecular flexibility index (Phi) is 8.18. The fourth-order valence-electron chi connectivity index (χ4n) is 5.70. The molecular formula is C34H31FIN3O6. The topological polar surface area (TPSA) is 82.5 Å². The minimum absolute atomic E-state index is 0.0114. The zero-order valence-corrected chi connectivity index (χ0v) is 27.4. The molecule has 2 aliphatic heterocycles. The quantitative estimate of drug-likeness (QED) is 0.188. The van der Waals surface area contributed by atoms with Gasteiger partial charge in [-0.3, -0.25) is 14.3 Å². The van der Waals surface area contributed by atoms with Gasteiger partial charge in [0.25, 0.3) is 5.56 Å². The number of benzene rings is 3. The summed E-state index contributed by atoms with van der Waals surface area (Å²) in [5.74, 6) is -0.130. The van der Waals surface area contributed by atoms with Gasteiger partial charge in [0.05, 0.1) is 43.8 Å². The highest BCUT2D eigenvalue weighted by Gasteiger charge is 2.40. The molecule has 6 rings (SSSR count). The zero-order valence-electron chi connectivity index (χ0n) is 25.2. The van der Waals surface area contributed by atoms with E-state index in [0.717, 1.165) is 16.7 Å². The molecule has 2 amide bonds. The highest BCUT2D eigenvalue weighted by molar-refractivity contribution is 14.1. The number of hydrogen-bond acceptors (Lipinski definition) is 6. The summed E-state index contributed by atoms with van der Waals surface area (Å²) in [7, 11) is 3.11. The molecule has 1 aromatic heterocycles. The summed E-state index contributed by atoms with van der Waals surface area (Å²) in [5, 5.41) is 0. The molecule has 0 saturated carbocycles. The van der Waals surface area contributed by atoms with E-state index in [1.165, 1.54) is 39.6 Å². The summed E-state index contributed by atoms with van der Waals surface area (Å²) < 4.78 is 41.1. The number of halogens is 2. The van der Waals surface area contributed by atoms with Gasteiger partial charge in [-0.25, -0.2) is 14.1 Å². The third-order valence-electron chi connectivity index (χ3n) is 8.10. The van der Waals surface area contributed by atoms with Crippen LogP contribution in [0.2, 0.25) is 0 Å². The fourth-order valence-corrected chi connectivity index (χ4v) is 6.15. The van der Waals surface area contributed by atoms with Crippen molar-refractivity contribution in [3.8, 4) is 17.2 Å². The molecule has 1 fully saturated rings. The second kappa shape index (κ2) is 12.0. The van der Waals surface area contributed by atoms with E-state index in [1.54, 1.807) is 31.4 Å². The second-order valence-corrected chi connectivity index (χ2v) is 12.1. The van der Waals surface area contributed by atoms with Gasteiger partial charge in [-0.15, -0.1) is 0 Å². The number of nitrogens with zero attached hydrogens (tertiary/aromatic N) is 3. The lowest BCUT2D eigenvalue weighted by atomic mass is 10.0. The Morgan fingerprint density at radius 1 is 1.02 bits per heavy atom. The predicted molar refractivity (Wildman–Crippen MR) is 176 cm³/mol. The third kappa shape index (κ3) is 5.49. The molecule has 0 unspecified atom stereocenters. The van der Waals surface area contributed by atoms with Gasteiger partial charge in [0, 0.05) is 27.8 Å². The SMILES string of the molecule is C=C1c2c(Oc3cccc(C4(C)OCCO4)c3C)cc(=O)n(C)c2N(c2ccc(I)cc2F)C(=O)N1Cc1ccc(OC)cc1. The van der Waals surface area contributed by atoms with E-state index in [-0.39, 0.29) is 23.8 Å². The van der Waals surface area contributed by atoms with Gasteiger partial charge in [0.1, 0.15) is 28.9 Å². The molecule has 9 nitrogen and oxygen atoms in total. The summed E-state index contributed by atoms with van der Waals surface area (Å²) in [4.78, 5) is 30.4. The summed E-state index contributed by atoms with van der Waals surface area (Å²) in [6, 6.07) is 18.1. The molecule has 11 heteroatoms. The lowest BCUT2D eigenvalue weighted by molar-refractivity contribution is -0.150. The molecular weight excluding hydrogens is 692 g/mol. The summed E-state index contributed by atoms with van der Waals surface area (Å²) in [5.41, 5.74) is 2.53. The van der Waals surface area contributed by atoms with Gasteiger partial charge < -0.3 is 18.9 Å². The molecule has 2 aliphatic rings. The molecule has 1 saturated heterocycles. The Bertz CT molecular complexity index is 1880. The van der Waals surface area contributed by atoms with Gasteiger partial charge in [-0.1, -0.05) is 30.8 Å². The summed E-state index contributed by atoms with van der Waals surface area (Å²) in [6.07, 6.45) is 0. The zero-order chi connectivity index (χ0) is 32.0. The van der Waals surface area contributed by atoms with Crippen LogP contribution >= 0.6 is 22.6 Å². The van der Waals surface area contributed by atoms with Gasteiger partial charge in [-0.2, -0.15) is 0 Å². The standard InChI is InChI=1S/C34H31FIN3O6/c1-20-25(34(3)43-15-16-44-34)7-6-8-28(20)45-29-18-30(40)37(4)32-31(29)21(2)38(19-22-9-12-24(42-5)13-10-22)33(41)39(32)27-14-11-23(36)17-26(27)35/h6-14,17-18H,2,15-16,19H2,1,3-5H3. The van der Waals surface area contributed by atoms with Crippen LogP contribution in [0.15, 0.2) is 78.1 Å². The first-order valence-electron chi connectivity index (χ1n) is 14.2. The van der Waals surface area contributed by atoms with E-state index in [2.05, 4.69) is 6.58 Å². The molecule has 45 heavy (non-hydrogen) atoms. The molecule has 0 bridgehead atoms. The smallest absolute Gasteiger partial charge is 0.335 e. The van der Waals surface area contributed by atoms with Crippen LogP contribution in [0, 0.1) is 16.3 Å². The Hall–Kier alpha value is -4.20. The summed E-state index contributed by atoms with van der Waals surface area (Å²) in [6.45, 7) is 9.08. The number of rotatable bonds is 7. The molecule has 0 aliphatic carbocycles. The van der Waals surface area contributed by atoms with E-state index in [4.69, 9.17) is 18.9 Å². The Morgan fingerprint density at radius 3 is 2.40 bits per heavy atom. The van der Waals surface area contributed by atoms with Crippen molar-refractivity contribution in [3.05, 3.63) is 115 Å². The maximum Gasteiger partial charge on any atom is 0.335 e. The average Bonchev–Trinajstić information content (AvgIpc) is 3.46. The van der Waals surface area contributed by atoms with Crippen LogP contribution in [-0.4, -0.2) is 35.8 Å². The number of carbonyl (C=O) groups excluding carboxylic acids is 1. The van der Waals surface area contributed by atoms with E-state index in [1.807, 2.05) is 60.7 Å². The normalized spacial score (nSPS) is 15.8. The maximum absolute atomic E-state index is 15.6. The highest BCUT2D eigenvalue weighted by Crippen LogP contribution is 2.46. The Labute approximate surface area is 273 Å². The van der Waals surface area contributed by atoms with Crippen LogP contribution in [0.25, 0.3) is 5.70 Å². The van der Waals surface area contributed by atoms with Crippen LogP contribution in [-0.2, 0) is 28.9 Å². The monoisotopic (exact) mass is 723 g/mol. The largest absolute Gasteiger partial charge is 0.497 e. The Morgan fingerprint density at radius 2 is 1.73 bits per heavy atom. The molecule has 3 aromatic carbocycles. The van der Waals surface area contributed by atoms with Gasteiger partial charge in [-0.05, 0) is 78.4 Å². The van der Waals surface area contributed by atoms with Crippen molar-refractivity contribution >= 4 is 45.8 Å². The second-order valence-electron chi connectivity index (χ2n) is 10.9. The number of carbonyl (C=O) groups is 1. The molecule has 0 spiro atoms. The number of anilines is 2. The van der Waals surface area contributed by atoms with Gasteiger partial charge >= 0.3 is 6.03 Å². The molecule has 4 aromatic rings.